The number of phenolic OH excluding ortho intramolecular Hbond substituents is 1. The number of nitrogens with zero attached hydrogens (tertiary/aromatic N) is 1. The highest BCUT2D eigenvalue weighted by Gasteiger charge is 2.54. The van der Waals surface area contributed by atoms with Gasteiger partial charge >= 0.3 is 0 Å². The fraction of sp³-hybridized carbons (Fsp3) is 0.571. The van der Waals surface area contributed by atoms with E-state index in [4.69, 9.17) is 4.74 Å². The van der Waals surface area contributed by atoms with Crippen LogP contribution in [0, 0.1) is 21.3 Å². The summed E-state index contributed by atoms with van der Waals surface area (Å²) >= 11 is 2.07. The summed E-state index contributed by atoms with van der Waals surface area (Å²) in [7, 11) is 1.52. The lowest BCUT2D eigenvalue weighted by Crippen LogP contribution is -2.39. The number of carbonyl (C=O) groups is 2. The number of halogens is 1. The molecule has 0 radical (unpaired) electrons. The maximum absolute atomic E-state index is 13.1. The molecule has 2 aliphatic rings. The summed E-state index contributed by atoms with van der Waals surface area (Å²) in [6.45, 7) is 6.13. The Kier molecular flexibility index (Phi) is 10.00. The van der Waals surface area contributed by atoms with Crippen molar-refractivity contribution in [2.75, 3.05) is 20.3 Å². The maximum atomic E-state index is 13.1. The molecule has 3 N–H and O–H groups in total. The Morgan fingerprint density at radius 1 is 1.25 bits per heavy atom. The van der Waals surface area contributed by atoms with Gasteiger partial charge in [-0.25, -0.2) is 0 Å². The van der Waals surface area contributed by atoms with Gasteiger partial charge in [0.15, 0.2) is 11.5 Å². The van der Waals surface area contributed by atoms with Crippen LogP contribution in [0.25, 0.3) is 6.08 Å². The van der Waals surface area contributed by atoms with Crippen LogP contribution >= 0.6 is 22.6 Å². The fourth-order valence-electron chi connectivity index (χ4n) is 5.70. The van der Waals surface area contributed by atoms with Gasteiger partial charge in [0.1, 0.15) is 0 Å². The van der Waals surface area contributed by atoms with Crippen LogP contribution in [0.5, 0.6) is 11.5 Å². The van der Waals surface area contributed by atoms with Gasteiger partial charge in [0.25, 0.3) is 0 Å². The predicted octanol–water partition coefficient (Wildman–Crippen LogP) is 4.67. The molecule has 1 aliphatic heterocycles. The number of fused-ring (bicyclic) bond motifs is 1. The van der Waals surface area contributed by atoms with Crippen LogP contribution in [-0.4, -0.2) is 58.4 Å². The van der Waals surface area contributed by atoms with Crippen LogP contribution in [0.4, 0.5) is 0 Å². The molecule has 198 valence electrons. The molecule has 0 spiro atoms. The third-order valence-corrected chi connectivity index (χ3v) is 8.36. The van der Waals surface area contributed by atoms with Gasteiger partial charge in [-0.1, -0.05) is 38.0 Å². The molecule has 0 bridgehead atoms. The number of carbonyl (C=O) groups excluding carboxylic acids is 2. The van der Waals surface area contributed by atoms with Crippen molar-refractivity contribution >= 4 is 40.5 Å². The van der Waals surface area contributed by atoms with Gasteiger partial charge in [-0.15, -0.1) is 0 Å². The normalized spacial score (nSPS) is 23.4. The van der Waals surface area contributed by atoms with Crippen LogP contribution in [0.1, 0.15) is 64.9 Å². The molecule has 0 aromatic heterocycles. The van der Waals surface area contributed by atoms with E-state index < -0.39 is 23.9 Å². The minimum Gasteiger partial charge on any atom is -0.504 e. The quantitative estimate of drug-likeness (QED) is 0.191. The smallest absolute Gasteiger partial charge is 0.233 e. The van der Waals surface area contributed by atoms with Crippen LogP contribution in [0.3, 0.4) is 0 Å². The van der Waals surface area contributed by atoms with E-state index in [1.807, 2.05) is 26.0 Å². The van der Waals surface area contributed by atoms with E-state index in [-0.39, 0.29) is 24.2 Å². The number of amides is 2. The summed E-state index contributed by atoms with van der Waals surface area (Å²) in [5.41, 5.74) is 3.78. The van der Waals surface area contributed by atoms with Gasteiger partial charge in [-0.2, -0.15) is 0 Å². The molecule has 1 saturated heterocycles. The largest absolute Gasteiger partial charge is 0.504 e. The number of methoxy groups -OCH3 is 1. The average molecular weight is 612 g/mol. The van der Waals surface area contributed by atoms with Crippen molar-refractivity contribution in [3.8, 4) is 11.5 Å². The van der Waals surface area contributed by atoms with E-state index in [0.29, 0.717) is 48.0 Å². The van der Waals surface area contributed by atoms with Crippen molar-refractivity contribution in [2.24, 2.45) is 17.8 Å². The third kappa shape index (κ3) is 5.65. The highest BCUT2D eigenvalue weighted by molar-refractivity contribution is 14.1. The van der Waals surface area contributed by atoms with Gasteiger partial charge in [0, 0.05) is 12.5 Å². The molecule has 1 aromatic carbocycles. The molecule has 2 amide bonds. The van der Waals surface area contributed by atoms with Crippen LogP contribution < -0.4 is 4.74 Å². The minimum atomic E-state index is -0.800. The molecular formula is C28H38INO6. The molecule has 1 aliphatic carbocycles. The number of hydrogen-bond donors (Lipinski definition) is 3. The van der Waals surface area contributed by atoms with Crippen molar-refractivity contribution in [2.45, 2.75) is 65.4 Å². The Balaban J connectivity index is 1.83. The van der Waals surface area contributed by atoms with Gasteiger partial charge in [0.05, 0.1) is 35.2 Å². The summed E-state index contributed by atoms with van der Waals surface area (Å²) < 4.78 is 5.97. The predicted molar refractivity (Wildman–Crippen MR) is 147 cm³/mol. The zero-order chi connectivity index (χ0) is 26.6. The first-order chi connectivity index (χ1) is 17.2. The second kappa shape index (κ2) is 12.6. The summed E-state index contributed by atoms with van der Waals surface area (Å²) in [6.07, 6.45) is 4.97. The Hall–Kier alpha value is -1.91. The number of allylic oxidation sites excluding steroid dienone is 2. The number of rotatable bonds is 11. The molecule has 0 saturated carbocycles. The second-order valence-electron chi connectivity index (χ2n) is 9.63. The monoisotopic (exact) mass is 611 g/mol. The molecule has 1 aromatic rings. The number of aliphatic hydroxyl groups excluding tert-OH is 2. The first-order valence-electron chi connectivity index (χ1n) is 12.8. The Morgan fingerprint density at radius 3 is 2.56 bits per heavy atom. The first kappa shape index (κ1) is 28.7. The van der Waals surface area contributed by atoms with Crippen molar-refractivity contribution in [3.05, 3.63) is 38.0 Å². The van der Waals surface area contributed by atoms with Gasteiger partial charge < -0.3 is 20.1 Å². The lowest BCUT2D eigenvalue weighted by Gasteiger charge is -2.36. The Bertz CT molecular complexity index is 1050. The zero-order valence-corrected chi connectivity index (χ0v) is 23.7. The molecular weight excluding hydrogens is 573 g/mol. The molecule has 4 atom stereocenters. The average Bonchev–Trinajstić information content (AvgIpc) is 3.11. The maximum Gasteiger partial charge on any atom is 0.233 e. The number of hydrogen-bond acceptors (Lipinski definition) is 6. The van der Waals surface area contributed by atoms with Crippen molar-refractivity contribution < 1.29 is 29.6 Å². The van der Waals surface area contributed by atoms with E-state index >= 15 is 0 Å². The van der Waals surface area contributed by atoms with Gasteiger partial charge in [-0.3, -0.25) is 14.5 Å². The first-order valence-corrected chi connectivity index (χ1v) is 13.9. The van der Waals surface area contributed by atoms with Crippen LogP contribution in [0.15, 0.2) is 28.9 Å². The van der Waals surface area contributed by atoms with E-state index in [1.54, 1.807) is 6.07 Å². The van der Waals surface area contributed by atoms with E-state index in [2.05, 4.69) is 29.5 Å². The number of phenols is 1. The number of imide groups is 1. The Labute approximate surface area is 227 Å². The molecule has 0 unspecified atom stereocenters. The van der Waals surface area contributed by atoms with E-state index in [0.717, 1.165) is 28.7 Å². The number of likely N-dealkylation sites (tertiary alicyclic amines) is 1. The third-order valence-electron chi connectivity index (χ3n) is 7.54. The van der Waals surface area contributed by atoms with Crippen molar-refractivity contribution in [3.63, 3.8) is 0 Å². The summed E-state index contributed by atoms with van der Waals surface area (Å²) in [4.78, 5) is 27.5. The SMILES string of the molecule is CCCN1C(=O)[C@@H]2[C@@H](CC(CC)=C([C@H](O)CC/C(=C/c3cc(I)c(O)c(OC)c3)CC)[C@@H]2CO)C1=O. The second-order valence-corrected chi connectivity index (χ2v) is 10.8. The van der Waals surface area contributed by atoms with Gasteiger partial charge in [-0.05, 0) is 84.4 Å². The zero-order valence-electron chi connectivity index (χ0n) is 21.6. The standard InChI is InChI=1S/C28H38INO6/c1-5-10-30-27(34)19-14-18(7-3)24(20(15-31)25(19)28(30)35)22(32)9-8-16(6-2)11-17-12-21(29)26(33)23(13-17)36-4/h11-13,19-20,22,25,31-33H,5-10,14-15H2,1-4H3/b16-11+/t19-,20+,22-,25-/m1/s1. The van der Waals surface area contributed by atoms with Crippen molar-refractivity contribution in [1.82, 2.24) is 4.90 Å². The molecule has 7 nitrogen and oxygen atoms in total. The highest BCUT2D eigenvalue weighted by atomic mass is 127. The topological polar surface area (TPSA) is 107 Å². The highest BCUT2D eigenvalue weighted by Crippen LogP contribution is 2.47. The lowest BCUT2D eigenvalue weighted by molar-refractivity contribution is -0.140. The van der Waals surface area contributed by atoms with Crippen molar-refractivity contribution in [1.29, 1.82) is 0 Å². The minimum absolute atomic E-state index is 0.117. The number of aliphatic hydroxyl groups is 2. The summed E-state index contributed by atoms with van der Waals surface area (Å²) in [5, 5.41) is 31.8. The number of ether oxygens (including phenoxy) is 1. The number of aromatic hydroxyl groups is 1. The fourth-order valence-corrected chi connectivity index (χ4v) is 6.33. The molecule has 3 rings (SSSR count). The van der Waals surface area contributed by atoms with E-state index in [1.165, 1.54) is 12.0 Å². The summed E-state index contributed by atoms with van der Waals surface area (Å²) in [5.74, 6) is -1.39. The number of benzene rings is 1. The Morgan fingerprint density at radius 2 is 1.97 bits per heavy atom. The molecule has 36 heavy (non-hydrogen) atoms. The molecule has 8 heteroatoms. The van der Waals surface area contributed by atoms with E-state index in [9.17, 15) is 24.9 Å². The van der Waals surface area contributed by atoms with Crippen LogP contribution in [-0.2, 0) is 9.59 Å². The summed E-state index contributed by atoms with van der Waals surface area (Å²) in [6, 6.07) is 3.67. The van der Waals surface area contributed by atoms with Gasteiger partial charge in [0.2, 0.25) is 11.8 Å². The molecule has 1 heterocycles. The van der Waals surface area contributed by atoms with Crippen LogP contribution in [0.2, 0.25) is 0 Å². The lowest BCUT2D eigenvalue weighted by atomic mass is 9.67. The molecule has 1 fully saturated rings.